The molecular weight excluding hydrogens is 596 g/mol. The molecule has 0 aliphatic rings. The van der Waals surface area contributed by atoms with Crippen molar-refractivity contribution in [3.8, 4) is 0 Å². The third-order valence-electron chi connectivity index (χ3n) is 8.09. The average molecular weight is 671 g/mol. The Kier molecular flexibility index (Phi) is 37.1. The summed E-state index contributed by atoms with van der Waals surface area (Å²) in [6, 6.07) is 0. The first-order chi connectivity index (χ1) is 23.6. The Morgan fingerprint density at radius 2 is 0.896 bits per heavy atom. The smallest absolute Gasteiger partial charge is 0.306 e. The number of hydrogen-bond acceptors (Lipinski definition) is 5. The van der Waals surface area contributed by atoms with Crippen LogP contribution in [0.15, 0.2) is 60.8 Å². The fraction of sp³-hybridized carbons (Fsp3) is 0.721. The molecule has 0 fully saturated rings. The lowest BCUT2D eigenvalue weighted by Gasteiger charge is -2.18. The van der Waals surface area contributed by atoms with E-state index in [1.54, 1.807) is 0 Å². The van der Waals surface area contributed by atoms with E-state index in [2.05, 4.69) is 81.5 Å². The minimum Gasteiger partial charge on any atom is -0.462 e. The molecule has 0 radical (unpaired) electrons. The number of carbonyl (C=O) groups is 2. The highest BCUT2D eigenvalue weighted by Crippen LogP contribution is 2.12. The first-order valence-electron chi connectivity index (χ1n) is 19.8. The van der Waals surface area contributed by atoms with Crippen molar-refractivity contribution < 1.29 is 23.8 Å². The van der Waals surface area contributed by atoms with Gasteiger partial charge >= 0.3 is 11.9 Å². The zero-order valence-electron chi connectivity index (χ0n) is 31.5. The molecule has 48 heavy (non-hydrogen) atoms. The number of rotatable bonds is 35. The number of ether oxygens (including phenoxy) is 3. The van der Waals surface area contributed by atoms with E-state index in [-0.39, 0.29) is 25.2 Å². The van der Waals surface area contributed by atoms with E-state index in [0.717, 1.165) is 70.6 Å². The van der Waals surface area contributed by atoms with Crippen molar-refractivity contribution in [1.29, 1.82) is 0 Å². The summed E-state index contributed by atoms with van der Waals surface area (Å²) in [5.74, 6) is -0.449. The van der Waals surface area contributed by atoms with Crippen molar-refractivity contribution in [1.82, 2.24) is 0 Å². The average Bonchev–Trinajstić information content (AvgIpc) is 3.08. The summed E-state index contributed by atoms with van der Waals surface area (Å²) in [6.07, 6.45) is 46.7. The second kappa shape index (κ2) is 39.0. The standard InChI is InChI=1S/C43H74O5/c1-4-7-10-13-16-18-19-20-21-22-23-24-26-29-32-35-38-46-39-41(48-43(45)37-34-31-27-15-12-9-6-3)40-47-42(44)36-33-30-28-25-17-14-11-8-5-2/h7,10,16,18,20-21,23-24,29,32,41H,4-6,8-9,11-15,17,19,22,25-28,30-31,33-40H2,1-3H3/b10-7-,18-16-,21-20-,24-23-,32-29-. The Morgan fingerprint density at radius 1 is 0.479 bits per heavy atom. The summed E-state index contributed by atoms with van der Waals surface area (Å²) in [5, 5.41) is 0. The molecule has 0 aromatic rings. The lowest BCUT2D eigenvalue weighted by atomic mass is 10.1. The Bertz CT molecular complexity index is 853. The van der Waals surface area contributed by atoms with E-state index in [9.17, 15) is 9.59 Å². The minimum atomic E-state index is -0.567. The summed E-state index contributed by atoms with van der Waals surface area (Å²) >= 11 is 0. The molecule has 0 saturated carbocycles. The molecular formula is C43H74O5. The highest BCUT2D eigenvalue weighted by atomic mass is 16.6. The zero-order valence-corrected chi connectivity index (χ0v) is 31.5. The molecule has 0 aliphatic heterocycles. The molecule has 5 heteroatoms. The first kappa shape index (κ1) is 45.6. The summed E-state index contributed by atoms with van der Waals surface area (Å²) in [5.41, 5.74) is 0. The van der Waals surface area contributed by atoms with Gasteiger partial charge in [0.15, 0.2) is 6.10 Å². The van der Waals surface area contributed by atoms with E-state index >= 15 is 0 Å². The van der Waals surface area contributed by atoms with Gasteiger partial charge in [-0.15, -0.1) is 0 Å². The van der Waals surface area contributed by atoms with Crippen molar-refractivity contribution in [2.45, 2.75) is 181 Å². The summed E-state index contributed by atoms with van der Waals surface area (Å²) in [6.45, 7) is 7.43. The quantitative estimate of drug-likeness (QED) is 0.0381. The third kappa shape index (κ3) is 36.4. The van der Waals surface area contributed by atoms with Crippen LogP contribution in [0.5, 0.6) is 0 Å². The van der Waals surface area contributed by atoms with Crippen LogP contribution in [0, 0.1) is 0 Å². The highest BCUT2D eigenvalue weighted by Gasteiger charge is 2.17. The molecule has 0 aromatic carbocycles. The SMILES string of the molecule is CC/C=C\C/C=C\C/C=C\C/C=C\C/C=C\CCOCC(COC(=O)CCCCCCCCCCC)OC(=O)CCCCCCCCC. The Labute approximate surface area is 296 Å². The monoisotopic (exact) mass is 671 g/mol. The van der Waals surface area contributed by atoms with Crippen LogP contribution >= 0.6 is 0 Å². The number of unbranched alkanes of at least 4 members (excludes halogenated alkanes) is 14. The maximum absolute atomic E-state index is 12.5. The Morgan fingerprint density at radius 3 is 1.38 bits per heavy atom. The van der Waals surface area contributed by atoms with Crippen molar-refractivity contribution in [2.75, 3.05) is 19.8 Å². The molecule has 0 spiro atoms. The van der Waals surface area contributed by atoms with Crippen LogP contribution in [0.2, 0.25) is 0 Å². The first-order valence-corrected chi connectivity index (χ1v) is 19.8. The van der Waals surface area contributed by atoms with Crippen molar-refractivity contribution in [3.63, 3.8) is 0 Å². The summed E-state index contributed by atoms with van der Waals surface area (Å²) in [4.78, 5) is 24.9. The molecule has 0 amide bonds. The van der Waals surface area contributed by atoms with Gasteiger partial charge in [-0.25, -0.2) is 0 Å². The van der Waals surface area contributed by atoms with Crippen LogP contribution in [-0.2, 0) is 23.8 Å². The van der Waals surface area contributed by atoms with Crippen LogP contribution in [-0.4, -0.2) is 37.9 Å². The number of esters is 2. The predicted octanol–water partition coefficient (Wildman–Crippen LogP) is 12.7. The zero-order chi connectivity index (χ0) is 35.0. The molecule has 1 atom stereocenters. The summed E-state index contributed by atoms with van der Waals surface area (Å²) < 4.78 is 17.0. The number of hydrogen-bond donors (Lipinski definition) is 0. The Balaban J connectivity index is 4.32. The molecule has 5 nitrogen and oxygen atoms in total. The molecule has 0 N–H and O–H groups in total. The molecule has 0 heterocycles. The van der Waals surface area contributed by atoms with Crippen LogP contribution in [0.1, 0.15) is 175 Å². The Hall–Kier alpha value is -2.40. The van der Waals surface area contributed by atoms with Gasteiger partial charge in [-0.05, 0) is 51.4 Å². The lowest BCUT2D eigenvalue weighted by Crippen LogP contribution is -2.30. The normalized spacial score (nSPS) is 12.8. The van der Waals surface area contributed by atoms with E-state index in [1.165, 1.54) is 70.6 Å². The van der Waals surface area contributed by atoms with Gasteiger partial charge in [-0.1, -0.05) is 171 Å². The molecule has 0 saturated heterocycles. The van der Waals surface area contributed by atoms with Gasteiger partial charge in [0.05, 0.1) is 13.2 Å². The van der Waals surface area contributed by atoms with E-state index in [0.29, 0.717) is 19.4 Å². The van der Waals surface area contributed by atoms with Gasteiger partial charge in [-0.3, -0.25) is 9.59 Å². The highest BCUT2D eigenvalue weighted by molar-refractivity contribution is 5.70. The number of carbonyl (C=O) groups excluding carboxylic acids is 2. The lowest BCUT2D eigenvalue weighted by molar-refractivity contribution is -0.162. The summed E-state index contributed by atoms with van der Waals surface area (Å²) in [7, 11) is 0. The molecule has 0 rings (SSSR count). The van der Waals surface area contributed by atoms with E-state index in [4.69, 9.17) is 14.2 Å². The number of allylic oxidation sites excluding steroid dienone is 9. The van der Waals surface area contributed by atoms with Gasteiger partial charge in [-0.2, -0.15) is 0 Å². The fourth-order valence-corrected chi connectivity index (χ4v) is 5.16. The largest absolute Gasteiger partial charge is 0.462 e. The van der Waals surface area contributed by atoms with Crippen molar-refractivity contribution in [3.05, 3.63) is 60.8 Å². The maximum atomic E-state index is 12.5. The van der Waals surface area contributed by atoms with Crippen molar-refractivity contribution in [2.24, 2.45) is 0 Å². The second-order valence-corrected chi connectivity index (χ2v) is 12.8. The predicted molar refractivity (Wildman–Crippen MR) is 205 cm³/mol. The second-order valence-electron chi connectivity index (χ2n) is 12.8. The van der Waals surface area contributed by atoms with Crippen molar-refractivity contribution >= 4 is 11.9 Å². The van der Waals surface area contributed by atoms with E-state index in [1.807, 2.05) is 0 Å². The van der Waals surface area contributed by atoms with Gasteiger partial charge in [0.1, 0.15) is 6.61 Å². The van der Waals surface area contributed by atoms with Crippen LogP contribution in [0.25, 0.3) is 0 Å². The third-order valence-corrected chi connectivity index (χ3v) is 8.09. The molecule has 276 valence electrons. The van der Waals surface area contributed by atoms with Crippen LogP contribution in [0.3, 0.4) is 0 Å². The molecule has 0 aromatic heterocycles. The minimum absolute atomic E-state index is 0.0562. The van der Waals surface area contributed by atoms with Crippen LogP contribution < -0.4 is 0 Å². The molecule has 1 unspecified atom stereocenters. The molecule has 0 bridgehead atoms. The van der Waals surface area contributed by atoms with E-state index < -0.39 is 6.10 Å². The van der Waals surface area contributed by atoms with Crippen LogP contribution in [0.4, 0.5) is 0 Å². The topological polar surface area (TPSA) is 61.8 Å². The van der Waals surface area contributed by atoms with Gasteiger partial charge in [0.25, 0.3) is 0 Å². The maximum Gasteiger partial charge on any atom is 0.306 e. The fourth-order valence-electron chi connectivity index (χ4n) is 5.16. The van der Waals surface area contributed by atoms with Gasteiger partial charge in [0, 0.05) is 12.8 Å². The van der Waals surface area contributed by atoms with Gasteiger partial charge < -0.3 is 14.2 Å². The molecule has 0 aliphatic carbocycles. The van der Waals surface area contributed by atoms with Gasteiger partial charge in [0.2, 0.25) is 0 Å².